The molecule has 1 N–H and O–H groups in total. The van der Waals surface area contributed by atoms with Crippen molar-refractivity contribution in [2.24, 2.45) is 0 Å². The lowest BCUT2D eigenvalue weighted by atomic mass is 10.1. The molecule has 0 aliphatic carbocycles. The molecule has 0 unspecified atom stereocenters. The molecular weight excluding hydrogens is 266 g/mol. The van der Waals surface area contributed by atoms with Crippen molar-refractivity contribution >= 4 is 17.6 Å². The van der Waals surface area contributed by atoms with Gasteiger partial charge in [0.25, 0.3) is 5.91 Å². The largest absolute Gasteiger partial charge is 0.478 e. The van der Waals surface area contributed by atoms with Crippen LogP contribution in [0.1, 0.15) is 33.2 Å². The molecule has 4 nitrogen and oxygen atoms in total. The molecule has 108 valence electrons. The maximum absolute atomic E-state index is 12.6. The molecule has 0 atom stereocenters. The standard InChI is InChI=1S/C17H17NO3/c1-3-18(15-10-5-4-7-12(15)2)16(19)13-8-6-9-14(11-13)17(20)21/h4-11H,3H2,1-2H3,(H,20,21). The molecule has 21 heavy (non-hydrogen) atoms. The topological polar surface area (TPSA) is 57.6 Å². The minimum absolute atomic E-state index is 0.113. The minimum Gasteiger partial charge on any atom is -0.478 e. The van der Waals surface area contributed by atoms with Crippen LogP contribution in [0.15, 0.2) is 48.5 Å². The summed E-state index contributed by atoms with van der Waals surface area (Å²) in [5, 5.41) is 9.02. The van der Waals surface area contributed by atoms with E-state index in [-0.39, 0.29) is 11.5 Å². The van der Waals surface area contributed by atoms with Gasteiger partial charge >= 0.3 is 5.97 Å². The van der Waals surface area contributed by atoms with Crippen molar-refractivity contribution < 1.29 is 14.7 Å². The molecular formula is C17H17NO3. The second-order valence-electron chi connectivity index (χ2n) is 4.72. The predicted octanol–water partition coefficient (Wildman–Crippen LogP) is 3.36. The zero-order valence-electron chi connectivity index (χ0n) is 12.0. The maximum atomic E-state index is 12.6. The van der Waals surface area contributed by atoms with Gasteiger partial charge in [-0.15, -0.1) is 0 Å². The van der Waals surface area contributed by atoms with E-state index in [2.05, 4.69) is 0 Å². The van der Waals surface area contributed by atoms with E-state index in [9.17, 15) is 9.59 Å². The lowest BCUT2D eigenvalue weighted by Crippen LogP contribution is -2.31. The molecule has 2 aromatic rings. The second-order valence-corrected chi connectivity index (χ2v) is 4.72. The molecule has 1 amide bonds. The highest BCUT2D eigenvalue weighted by molar-refractivity contribution is 6.07. The Labute approximate surface area is 123 Å². The van der Waals surface area contributed by atoms with Crippen LogP contribution in [0, 0.1) is 6.92 Å². The number of para-hydroxylation sites is 1. The number of nitrogens with zero attached hydrogens (tertiary/aromatic N) is 1. The van der Waals surface area contributed by atoms with Gasteiger partial charge in [0.1, 0.15) is 0 Å². The number of anilines is 1. The zero-order valence-corrected chi connectivity index (χ0v) is 12.0. The summed E-state index contributed by atoms with van der Waals surface area (Å²) >= 11 is 0. The van der Waals surface area contributed by atoms with E-state index in [1.807, 2.05) is 38.1 Å². The normalized spacial score (nSPS) is 10.2. The Morgan fingerprint density at radius 2 is 1.71 bits per heavy atom. The number of carbonyl (C=O) groups excluding carboxylic acids is 1. The molecule has 4 heteroatoms. The average molecular weight is 283 g/mol. The fraction of sp³-hybridized carbons (Fsp3) is 0.176. The highest BCUT2D eigenvalue weighted by Crippen LogP contribution is 2.21. The molecule has 0 spiro atoms. The number of aromatic carboxylic acids is 1. The van der Waals surface area contributed by atoms with Gasteiger partial charge in [0.05, 0.1) is 5.56 Å². The first kappa shape index (κ1) is 14.8. The summed E-state index contributed by atoms with van der Waals surface area (Å²) in [7, 11) is 0. The van der Waals surface area contributed by atoms with E-state index in [0.29, 0.717) is 12.1 Å². The predicted molar refractivity (Wildman–Crippen MR) is 81.9 cm³/mol. The fourth-order valence-corrected chi connectivity index (χ4v) is 2.23. The number of carboxylic acids is 1. The van der Waals surface area contributed by atoms with Crippen molar-refractivity contribution in [2.75, 3.05) is 11.4 Å². The summed E-state index contributed by atoms with van der Waals surface area (Å²) in [6, 6.07) is 13.7. The van der Waals surface area contributed by atoms with Crippen LogP contribution in [-0.4, -0.2) is 23.5 Å². The van der Waals surface area contributed by atoms with Crippen molar-refractivity contribution in [3.8, 4) is 0 Å². The Morgan fingerprint density at radius 1 is 1.05 bits per heavy atom. The smallest absolute Gasteiger partial charge is 0.335 e. The van der Waals surface area contributed by atoms with Gasteiger partial charge in [-0.1, -0.05) is 24.3 Å². The molecule has 0 saturated carbocycles. The van der Waals surface area contributed by atoms with Crippen LogP contribution in [0.3, 0.4) is 0 Å². The first-order valence-corrected chi connectivity index (χ1v) is 6.75. The summed E-state index contributed by atoms with van der Waals surface area (Å²) < 4.78 is 0. The van der Waals surface area contributed by atoms with Gasteiger partial charge in [0, 0.05) is 17.8 Å². The van der Waals surface area contributed by atoms with Gasteiger partial charge in [0.15, 0.2) is 0 Å². The Kier molecular flexibility index (Phi) is 4.38. The molecule has 0 bridgehead atoms. The lowest BCUT2D eigenvalue weighted by Gasteiger charge is -2.23. The first-order chi connectivity index (χ1) is 10.0. The molecule has 0 aromatic heterocycles. The van der Waals surface area contributed by atoms with E-state index in [1.54, 1.807) is 17.0 Å². The van der Waals surface area contributed by atoms with Crippen molar-refractivity contribution in [2.45, 2.75) is 13.8 Å². The van der Waals surface area contributed by atoms with Gasteiger partial charge < -0.3 is 10.0 Å². The molecule has 0 heterocycles. The molecule has 0 aliphatic heterocycles. The van der Waals surface area contributed by atoms with E-state index >= 15 is 0 Å². The number of amides is 1. The molecule has 0 aliphatic rings. The summed E-state index contributed by atoms with van der Waals surface area (Å²) in [6.45, 7) is 4.35. The third-order valence-corrected chi connectivity index (χ3v) is 3.32. The number of aryl methyl sites for hydroxylation is 1. The van der Waals surface area contributed by atoms with E-state index < -0.39 is 5.97 Å². The minimum atomic E-state index is -1.04. The van der Waals surface area contributed by atoms with Crippen LogP contribution < -0.4 is 4.90 Å². The van der Waals surface area contributed by atoms with Crippen LogP contribution in [0.2, 0.25) is 0 Å². The summed E-state index contributed by atoms with van der Waals surface area (Å²) in [4.78, 5) is 25.3. The molecule has 0 fully saturated rings. The van der Waals surface area contributed by atoms with E-state index in [1.165, 1.54) is 12.1 Å². The van der Waals surface area contributed by atoms with Gasteiger partial charge in [-0.25, -0.2) is 4.79 Å². The Hall–Kier alpha value is -2.62. The SMILES string of the molecule is CCN(C(=O)c1cccc(C(=O)O)c1)c1ccccc1C. The highest BCUT2D eigenvalue weighted by Gasteiger charge is 2.18. The van der Waals surface area contributed by atoms with Crippen LogP contribution in [0.25, 0.3) is 0 Å². The summed E-state index contributed by atoms with van der Waals surface area (Å²) in [6.07, 6.45) is 0. The first-order valence-electron chi connectivity index (χ1n) is 6.75. The molecule has 0 radical (unpaired) electrons. The number of benzene rings is 2. The maximum Gasteiger partial charge on any atom is 0.335 e. The number of hydrogen-bond donors (Lipinski definition) is 1. The van der Waals surface area contributed by atoms with Gasteiger partial charge in [-0.2, -0.15) is 0 Å². The number of hydrogen-bond acceptors (Lipinski definition) is 2. The lowest BCUT2D eigenvalue weighted by molar-refractivity contribution is 0.0697. The number of carboxylic acid groups (broad SMARTS) is 1. The van der Waals surface area contributed by atoms with Crippen molar-refractivity contribution in [3.63, 3.8) is 0 Å². The van der Waals surface area contributed by atoms with Gasteiger partial charge in [-0.05, 0) is 43.7 Å². The van der Waals surface area contributed by atoms with Crippen molar-refractivity contribution in [3.05, 3.63) is 65.2 Å². The monoisotopic (exact) mass is 283 g/mol. The third kappa shape index (κ3) is 3.11. The van der Waals surface area contributed by atoms with Crippen LogP contribution in [0.4, 0.5) is 5.69 Å². The number of carbonyl (C=O) groups is 2. The van der Waals surface area contributed by atoms with Crippen molar-refractivity contribution in [1.29, 1.82) is 0 Å². The second kappa shape index (κ2) is 6.22. The Morgan fingerprint density at radius 3 is 2.33 bits per heavy atom. The number of rotatable bonds is 4. The average Bonchev–Trinajstić information content (AvgIpc) is 2.50. The fourth-order valence-electron chi connectivity index (χ4n) is 2.23. The third-order valence-electron chi connectivity index (χ3n) is 3.32. The summed E-state index contributed by atoms with van der Waals surface area (Å²) in [5.41, 5.74) is 2.33. The quantitative estimate of drug-likeness (QED) is 0.936. The Balaban J connectivity index is 2.39. The van der Waals surface area contributed by atoms with Crippen molar-refractivity contribution in [1.82, 2.24) is 0 Å². The van der Waals surface area contributed by atoms with Crippen LogP contribution in [-0.2, 0) is 0 Å². The van der Waals surface area contributed by atoms with Gasteiger partial charge in [-0.3, -0.25) is 4.79 Å². The van der Waals surface area contributed by atoms with E-state index in [4.69, 9.17) is 5.11 Å². The highest BCUT2D eigenvalue weighted by atomic mass is 16.4. The van der Waals surface area contributed by atoms with Crippen LogP contribution in [0.5, 0.6) is 0 Å². The molecule has 0 saturated heterocycles. The Bertz CT molecular complexity index is 679. The van der Waals surface area contributed by atoms with Gasteiger partial charge in [0.2, 0.25) is 0 Å². The molecule has 2 aromatic carbocycles. The summed E-state index contributed by atoms with van der Waals surface area (Å²) in [5.74, 6) is -1.24. The molecule has 2 rings (SSSR count). The van der Waals surface area contributed by atoms with Crippen LogP contribution >= 0.6 is 0 Å². The zero-order chi connectivity index (χ0) is 15.4. The van der Waals surface area contributed by atoms with E-state index in [0.717, 1.165) is 11.3 Å².